The van der Waals surface area contributed by atoms with E-state index >= 15 is 0 Å². The number of hydrogen-bond donors (Lipinski definition) is 0. The van der Waals surface area contributed by atoms with Gasteiger partial charge in [-0.2, -0.15) is 0 Å². The van der Waals surface area contributed by atoms with Gasteiger partial charge in [0.05, 0.1) is 0 Å². The molecule has 6 aromatic carbocycles. The number of rotatable bonds is 5. The first kappa shape index (κ1) is 32.3. The largest absolute Gasteiger partial charge is 0.0639 e. The van der Waals surface area contributed by atoms with E-state index in [-0.39, 0.29) is 22.7 Å². The molecule has 0 fully saturated rings. The fourth-order valence-corrected chi connectivity index (χ4v) is 9.06. The maximum Gasteiger partial charge on any atom is 0.0418 e. The Morgan fingerprint density at radius 1 is 0.400 bits per heavy atom. The van der Waals surface area contributed by atoms with Crippen LogP contribution in [0.1, 0.15) is 105 Å². The summed E-state index contributed by atoms with van der Waals surface area (Å²) in [4.78, 5) is 0. The number of allylic oxidation sites excluding steroid dienone is 1. The van der Waals surface area contributed by atoms with Gasteiger partial charge >= 0.3 is 0 Å². The number of hydrogen-bond acceptors (Lipinski definition) is 0. The Balaban J connectivity index is 1.49. The summed E-state index contributed by atoms with van der Waals surface area (Å²) in [5.41, 5.74) is 17.4. The van der Waals surface area contributed by atoms with Crippen molar-refractivity contribution in [3.63, 3.8) is 0 Å². The van der Waals surface area contributed by atoms with Crippen molar-refractivity contribution in [1.82, 2.24) is 0 Å². The maximum absolute atomic E-state index is 2.56. The lowest BCUT2D eigenvalue weighted by Crippen LogP contribution is -2.41. The Kier molecular flexibility index (Phi) is 7.64. The van der Waals surface area contributed by atoms with Crippen LogP contribution >= 0.6 is 0 Å². The summed E-state index contributed by atoms with van der Waals surface area (Å²) < 4.78 is 0. The van der Waals surface area contributed by atoms with Crippen LogP contribution < -0.4 is 0 Å². The van der Waals surface area contributed by atoms with Crippen molar-refractivity contribution in [3.8, 4) is 22.3 Å². The van der Waals surface area contributed by atoms with Gasteiger partial charge in [0.15, 0.2) is 0 Å². The minimum Gasteiger partial charge on any atom is -0.0639 e. The van der Waals surface area contributed by atoms with Gasteiger partial charge in [-0.15, -0.1) is 0 Å². The summed E-state index contributed by atoms with van der Waals surface area (Å²) in [5, 5.41) is 0. The molecular weight excluding hydrogens is 601 g/mol. The van der Waals surface area contributed by atoms with Crippen LogP contribution in [0.5, 0.6) is 0 Å². The lowest BCUT2D eigenvalue weighted by atomic mass is 9.54. The zero-order valence-electron chi connectivity index (χ0n) is 30.6. The van der Waals surface area contributed by atoms with E-state index in [1.165, 1.54) is 72.3 Å². The highest BCUT2D eigenvalue weighted by atomic mass is 14.6. The third kappa shape index (κ3) is 5.11. The highest BCUT2D eigenvalue weighted by Crippen LogP contribution is 2.65. The third-order valence-corrected chi connectivity index (χ3v) is 11.5. The molecule has 0 saturated carbocycles. The van der Waals surface area contributed by atoms with E-state index in [4.69, 9.17) is 0 Å². The summed E-state index contributed by atoms with van der Waals surface area (Å²) >= 11 is 0. The standard InChI is InChI=1S/C50H48/c1-33-29-36-30-35(34-17-11-8-12-18-34)23-26-41(36)46(33)50(37-19-13-9-14-20-37,38-21-15-10-16-22-38)47-44-31-39(48(2,3)4)24-27-42(44)43-28-25-40(32-45(43)47)49(5,6)7/h8-32,46-47H,1-7H3. The first-order valence-corrected chi connectivity index (χ1v) is 18.3. The van der Waals surface area contributed by atoms with Gasteiger partial charge in [-0.3, -0.25) is 0 Å². The molecule has 0 radical (unpaired) electrons. The molecule has 6 aromatic rings. The maximum atomic E-state index is 2.56. The van der Waals surface area contributed by atoms with Gasteiger partial charge in [0, 0.05) is 17.3 Å². The average Bonchev–Trinajstić information content (AvgIpc) is 3.63. The van der Waals surface area contributed by atoms with Gasteiger partial charge in [0.1, 0.15) is 0 Å². The second-order valence-electron chi connectivity index (χ2n) is 16.7. The van der Waals surface area contributed by atoms with Crippen molar-refractivity contribution in [3.05, 3.63) is 196 Å². The van der Waals surface area contributed by atoms with Crippen molar-refractivity contribution < 1.29 is 0 Å². The minimum atomic E-state index is -0.435. The highest BCUT2D eigenvalue weighted by molar-refractivity contribution is 5.83. The Morgan fingerprint density at radius 2 is 0.880 bits per heavy atom. The SMILES string of the molecule is CC1=Cc2cc(-c3ccccc3)ccc2C1C(c1ccccc1)(c1ccccc1)C1c2cc(C(C)(C)C)ccc2-c2ccc(C(C)(C)C)cc21. The lowest BCUT2D eigenvalue weighted by molar-refractivity contribution is 0.404. The predicted octanol–water partition coefficient (Wildman–Crippen LogP) is 13.2. The van der Waals surface area contributed by atoms with Gasteiger partial charge in [-0.05, 0) is 90.6 Å². The molecule has 0 bridgehead atoms. The lowest BCUT2D eigenvalue weighted by Gasteiger charge is -2.47. The van der Waals surface area contributed by atoms with Crippen LogP contribution in [0.4, 0.5) is 0 Å². The monoisotopic (exact) mass is 648 g/mol. The van der Waals surface area contributed by atoms with Crippen molar-refractivity contribution >= 4 is 6.08 Å². The van der Waals surface area contributed by atoms with Crippen LogP contribution in [0.2, 0.25) is 0 Å². The number of benzene rings is 6. The van der Waals surface area contributed by atoms with Crippen molar-refractivity contribution in [2.75, 3.05) is 0 Å². The molecule has 8 rings (SSSR count). The molecule has 248 valence electrons. The van der Waals surface area contributed by atoms with Crippen molar-refractivity contribution in [1.29, 1.82) is 0 Å². The highest BCUT2D eigenvalue weighted by Gasteiger charge is 2.55. The van der Waals surface area contributed by atoms with Crippen LogP contribution in [0.15, 0.2) is 151 Å². The molecule has 0 saturated heterocycles. The smallest absolute Gasteiger partial charge is 0.0418 e. The Morgan fingerprint density at radius 3 is 1.36 bits per heavy atom. The molecule has 0 N–H and O–H groups in total. The molecule has 1 atom stereocenters. The quantitative estimate of drug-likeness (QED) is 0.174. The van der Waals surface area contributed by atoms with E-state index in [9.17, 15) is 0 Å². The van der Waals surface area contributed by atoms with E-state index in [1.54, 1.807) is 0 Å². The zero-order valence-corrected chi connectivity index (χ0v) is 30.6. The average molecular weight is 649 g/mol. The van der Waals surface area contributed by atoms with Crippen LogP contribution in [-0.2, 0) is 16.2 Å². The fraction of sp³-hybridized carbons (Fsp3) is 0.240. The molecule has 0 spiro atoms. The molecule has 0 aliphatic heterocycles. The second-order valence-corrected chi connectivity index (χ2v) is 16.7. The predicted molar refractivity (Wildman–Crippen MR) is 213 cm³/mol. The van der Waals surface area contributed by atoms with E-state index < -0.39 is 5.41 Å². The number of fused-ring (bicyclic) bond motifs is 4. The van der Waals surface area contributed by atoms with Crippen molar-refractivity contribution in [2.45, 2.75) is 76.5 Å². The Labute approximate surface area is 299 Å². The molecule has 50 heavy (non-hydrogen) atoms. The van der Waals surface area contributed by atoms with Gasteiger partial charge < -0.3 is 0 Å². The summed E-state index contributed by atoms with van der Waals surface area (Å²) in [6.45, 7) is 16.4. The molecule has 2 aliphatic rings. The summed E-state index contributed by atoms with van der Waals surface area (Å²) in [6, 6.07) is 55.6. The van der Waals surface area contributed by atoms with Gasteiger partial charge in [-0.1, -0.05) is 193 Å². The van der Waals surface area contributed by atoms with Crippen LogP contribution in [0.25, 0.3) is 28.3 Å². The molecular formula is C50H48. The summed E-state index contributed by atoms with van der Waals surface area (Å²) in [7, 11) is 0. The molecule has 2 aliphatic carbocycles. The topological polar surface area (TPSA) is 0 Å². The van der Waals surface area contributed by atoms with Gasteiger partial charge in [0.25, 0.3) is 0 Å². The van der Waals surface area contributed by atoms with Crippen LogP contribution in [-0.4, -0.2) is 0 Å². The van der Waals surface area contributed by atoms with Crippen LogP contribution in [0.3, 0.4) is 0 Å². The second kappa shape index (κ2) is 11.8. The first-order valence-electron chi connectivity index (χ1n) is 18.3. The van der Waals surface area contributed by atoms with Crippen LogP contribution in [0, 0.1) is 0 Å². The van der Waals surface area contributed by atoms with E-state index in [2.05, 4.69) is 200 Å². The Hall–Kier alpha value is -4.94. The van der Waals surface area contributed by atoms with Crippen molar-refractivity contribution in [2.24, 2.45) is 0 Å². The summed E-state index contributed by atoms with van der Waals surface area (Å²) in [5.74, 6) is 0.197. The van der Waals surface area contributed by atoms with E-state index in [0.29, 0.717) is 0 Å². The molecule has 1 unspecified atom stereocenters. The molecule has 0 heterocycles. The molecule has 0 heteroatoms. The minimum absolute atomic E-state index is 0.0245. The van der Waals surface area contributed by atoms with Gasteiger partial charge in [0.2, 0.25) is 0 Å². The van der Waals surface area contributed by atoms with E-state index in [0.717, 1.165) is 0 Å². The molecule has 0 nitrogen and oxygen atoms in total. The first-order chi connectivity index (χ1) is 24.0. The zero-order chi connectivity index (χ0) is 34.8. The fourth-order valence-electron chi connectivity index (χ4n) is 9.06. The Bertz CT molecular complexity index is 2120. The molecule has 0 amide bonds. The molecule has 0 aromatic heterocycles. The summed E-state index contributed by atoms with van der Waals surface area (Å²) in [6.07, 6.45) is 2.47. The van der Waals surface area contributed by atoms with E-state index in [1.807, 2.05) is 0 Å². The van der Waals surface area contributed by atoms with Gasteiger partial charge in [-0.25, -0.2) is 0 Å². The third-order valence-electron chi connectivity index (χ3n) is 11.5. The normalized spacial score (nSPS) is 15.7.